The third kappa shape index (κ3) is 4.93. The van der Waals surface area contributed by atoms with Crippen molar-refractivity contribution in [2.45, 2.75) is 25.4 Å². The Morgan fingerprint density at radius 3 is 2.80 bits per heavy atom. The maximum Gasteiger partial charge on any atom is 0.223 e. The van der Waals surface area contributed by atoms with Crippen LogP contribution in [-0.2, 0) is 9.53 Å². The second kappa shape index (κ2) is 8.17. The average molecular weight is 348 g/mol. The summed E-state index contributed by atoms with van der Waals surface area (Å²) >= 11 is 0. The van der Waals surface area contributed by atoms with Crippen molar-refractivity contribution in [1.29, 1.82) is 0 Å². The molecule has 3 rings (SSSR count). The van der Waals surface area contributed by atoms with Crippen molar-refractivity contribution in [2.75, 3.05) is 52.5 Å². The Labute approximate surface area is 149 Å². The van der Waals surface area contributed by atoms with Crippen LogP contribution in [0.25, 0.3) is 0 Å². The van der Waals surface area contributed by atoms with E-state index in [0.717, 1.165) is 44.2 Å². The van der Waals surface area contributed by atoms with E-state index >= 15 is 0 Å². The number of benzene rings is 1. The maximum atomic E-state index is 12.4. The van der Waals surface area contributed by atoms with Gasteiger partial charge in [-0.05, 0) is 25.0 Å². The third-order valence-electron chi connectivity index (χ3n) is 5.02. The van der Waals surface area contributed by atoms with Gasteiger partial charge in [0.2, 0.25) is 5.91 Å². The van der Waals surface area contributed by atoms with Gasteiger partial charge in [-0.2, -0.15) is 0 Å². The largest absolute Gasteiger partial charge is 0.490 e. The Hall–Kier alpha value is -1.63. The molecule has 2 saturated heterocycles. The van der Waals surface area contributed by atoms with E-state index in [1.807, 2.05) is 31.2 Å². The number of carbonyl (C=O) groups excluding carboxylic acids is 1. The molecule has 1 aromatic carbocycles. The van der Waals surface area contributed by atoms with E-state index in [1.165, 1.54) is 0 Å². The molecule has 0 aliphatic carbocycles. The third-order valence-corrected chi connectivity index (χ3v) is 5.02. The number of likely N-dealkylation sites (tertiary alicyclic amines) is 1. The summed E-state index contributed by atoms with van der Waals surface area (Å²) in [5.41, 5.74) is 0.0826. The van der Waals surface area contributed by atoms with Crippen LogP contribution in [0.2, 0.25) is 0 Å². The minimum atomic E-state index is -0.961. The van der Waals surface area contributed by atoms with E-state index in [-0.39, 0.29) is 12.5 Å². The molecule has 0 bridgehead atoms. The molecule has 2 fully saturated rings. The molecule has 2 heterocycles. The van der Waals surface area contributed by atoms with Gasteiger partial charge in [0.1, 0.15) is 18.0 Å². The van der Waals surface area contributed by atoms with Crippen LogP contribution in [-0.4, -0.2) is 79.0 Å². The molecular formula is C19H28N2O4. The number of para-hydroxylation sites is 1. The molecule has 25 heavy (non-hydrogen) atoms. The summed E-state index contributed by atoms with van der Waals surface area (Å²) in [4.78, 5) is 16.4. The number of hydrogen-bond donors (Lipinski definition) is 1. The minimum absolute atomic E-state index is 0.110. The van der Waals surface area contributed by atoms with Gasteiger partial charge in [-0.15, -0.1) is 0 Å². The van der Waals surface area contributed by atoms with Crippen molar-refractivity contribution in [1.82, 2.24) is 9.80 Å². The molecule has 0 saturated carbocycles. The van der Waals surface area contributed by atoms with Gasteiger partial charge in [-0.3, -0.25) is 9.69 Å². The Bertz CT molecular complexity index is 589. The molecule has 2 aliphatic rings. The summed E-state index contributed by atoms with van der Waals surface area (Å²) in [6.07, 6.45) is 1.05. The number of aryl methyl sites for hydroxylation is 1. The standard InChI is InChI=1S/C19H28N2O4/c1-16-4-2-3-5-17(16)25-15-19(23)7-9-21(14-19)18(22)6-8-20-10-12-24-13-11-20/h2-5,23H,6-15H2,1H3/t19-/m0/s1. The lowest BCUT2D eigenvalue weighted by Crippen LogP contribution is -2.42. The highest BCUT2D eigenvalue weighted by atomic mass is 16.5. The number of β-amino-alcohol motifs (C(OH)–C–C–N with tert-alkyl or cyclic N) is 1. The van der Waals surface area contributed by atoms with E-state index < -0.39 is 5.60 Å². The smallest absolute Gasteiger partial charge is 0.223 e. The molecule has 6 nitrogen and oxygen atoms in total. The van der Waals surface area contributed by atoms with Gasteiger partial charge in [-0.25, -0.2) is 0 Å². The average Bonchev–Trinajstić information content (AvgIpc) is 3.03. The molecule has 138 valence electrons. The van der Waals surface area contributed by atoms with Gasteiger partial charge >= 0.3 is 0 Å². The lowest BCUT2D eigenvalue weighted by molar-refractivity contribution is -0.132. The summed E-state index contributed by atoms with van der Waals surface area (Å²) in [5.74, 6) is 0.895. The lowest BCUT2D eigenvalue weighted by Gasteiger charge is -2.27. The maximum absolute atomic E-state index is 12.4. The fourth-order valence-corrected chi connectivity index (χ4v) is 3.35. The number of aliphatic hydroxyl groups is 1. The number of rotatable bonds is 6. The number of hydrogen-bond acceptors (Lipinski definition) is 5. The van der Waals surface area contributed by atoms with Crippen LogP contribution in [0.15, 0.2) is 24.3 Å². The van der Waals surface area contributed by atoms with Crippen LogP contribution >= 0.6 is 0 Å². The van der Waals surface area contributed by atoms with Crippen molar-refractivity contribution in [3.8, 4) is 5.75 Å². The summed E-state index contributed by atoms with van der Waals surface area (Å²) in [5, 5.41) is 10.7. The number of amides is 1. The van der Waals surface area contributed by atoms with Crippen LogP contribution in [0, 0.1) is 6.92 Å². The van der Waals surface area contributed by atoms with Crippen molar-refractivity contribution >= 4 is 5.91 Å². The van der Waals surface area contributed by atoms with Gasteiger partial charge in [0.25, 0.3) is 0 Å². The fourth-order valence-electron chi connectivity index (χ4n) is 3.35. The minimum Gasteiger partial charge on any atom is -0.490 e. The Morgan fingerprint density at radius 2 is 2.04 bits per heavy atom. The predicted molar refractivity (Wildman–Crippen MR) is 94.7 cm³/mol. The molecule has 0 radical (unpaired) electrons. The van der Waals surface area contributed by atoms with Crippen LogP contribution < -0.4 is 4.74 Å². The molecule has 2 aliphatic heterocycles. The highest BCUT2D eigenvalue weighted by molar-refractivity contribution is 5.76. The van der Waals surface area contributed by atoms with Crippen LogP contribution in [0.5, 0.6) is 5.75 Å². The number of ether oxygens (including phenoxy) is 2. The molecule has 6 heteroatoms. The highest BCUT2D eigenvalue weighted by Crippen LogP contribution is 2.25. The molecule has 1 amide bonds. The zero-order valence-corrected chi connectivity index (χ0v) is 14.9. The van der Waals surface area contributed by atoms with Crippen molar-refractivity contribution < 1.29 is 19.4 Å². The number of morpholine rings is 1. The van der Waals surface area contributed by atoms with E-state index in [0.29, 0.717) is 25.9 Å². The Kier molecular flexibility index (Phi) is 5.93. The van der Waals surface area contributed by atoms with Crippen molar-refractivity contribution in [2.24, 2.45) is 0 Å². The zero-order valence-electron chi connectivity index (χ0n) is 14.9. The van der Waals surface area contributed by atoms with E-state index in [1.54, 1.807) is 4.90 Å². The van der Waals surface area contributed by atoms with Crippen LogP contribution in [0.1, 0.15) is 18.4 Å². The topological polar surface area (TPSA) is 62.2 Å². The Balaban J connectivity index is 1.45. The molecular weight excluding hydrogens is 320 g/mol. The molecule has 0 spiro atoms. The lowest BCUT2D eigenvalue weighted by atomic mass is 10.1. The van der Waals surface area contributed by atoms with Gasteiger partial charge in [0.05, 0.1) is 19.8 Å². The van der Waals surface area contributed by atoms with Gasteiger partial charge in [0.15, 0.2) is 0 Å². The molecule has 1 atom stereocenters. The number of nitrogens with zero attached hydrogens (tertiary/aromatic N) is 2. The second-order valence-electron chi connectivity index (χ2n) is 7.05. The molecule has 1 aromatic rings. The van der Waals surface area contributed by atoms with Crippen molar-refractivity contribution in [3.63, 3.8) is 0 Å². The molecule has 0 aromatic heterocycles. The first-order chi connectivity index (χ1) is 12.1. The first-order valence-corrected chi connectivity index (χ1v) is 9.04. The normalized spacial score (nSPS) is 24.5. The summed E-state index contributed by atoms with van der Waals surface area (Å²) < 4.78 is 11.1. The number of carbonyl (C=O) groups is 1. The fraction of sp³-hybridized carbons (Fsp3) is 0.632. The quantitative estimate of drug-likeness (QED) is 0.833. The first kappa shape index (κ1) is 18.2. The molecule has 1 N–H and O–H groups in total. The summed E-state index contributed by atoms with van der Waals surface area (Å²) in [6.45, 7) is 7.17. The monoisotopic (exact) mass is 348 g/mol. The van der Waals surface area contributed by atoms with Crippen LogP contribution in [0.4, 0.5) is 0 Å². The highest BCUT2D eigenvalue weighted by Gasteiger charge is 2.39. The van der Waals surface area contributed by atoms with Crippen LogP contribution in [0.3, 0.4) is 0 Å². The Morgan fingerprint density at radius 1 is 1.28 bits per heavy atom. The second-order valence-corrected chi connectivity index (χ2v) is 7.05. The summed E-state index contributed by atoms with van der Waals surface area (Å²) in [6, 6.07) is 7.76. The zero-order chi connectivity index (χ0) is 17.7. The van der Waals surface area contributed by atoms with Gasteiger partial charge in [-0.1, -0.05) is 18.2 Å². The first-order valence-electron chi connectivity index (χ1n) is 9.04. The molecule has 0 unspecified atom stereocenters. The van der Waals surface area contributed by atoms with E-state index in [9.17, 15) is 9.90 Å². The van der Waals surface area contributed by atoms with Gasteiger partial charge < -0.3 is 19.5 Å². The van der Waals surface area contributed by atoms with Crippen molar-refractivity contribution in [3.05, 3.63) is 29.8 Å². The van der Waals surface area contributed by atoms with E-state index in [4.69, 9.17) is 9.47 Å². The summed E-state index contributed by atoms with van der Waals surface area (Å²) in [7, 11) is 0. The SMILES string of the molecule is Cc1ccccc1OC[C@]1(O)CCN(C(=O)CCN2CCOCC2)C1. The van der Waals surface area contributed by atoms with Gasteiger partial charge in [0, 0.05) is 32.6 Å². The van der Waals surface area contributed by atoms with E-state index in [2.05, 4.69) is 4.90 Å². The predicted octanol–water partition coefficient (Wildman–Crippen LogP) is 1.06.